The third kappa shape index (κ3) is 6.38. The number of hydrogen-bond donors (Lipinski definition) is 2. The van der Waals surface area contributed by atoms with E-state index in [0.29, 0.717) is 25.3 Å². The first-order chi connectivity index (χ1) is 18.7. The summed E-state index contributed by atoms with van der Waals surface area (Å²) in [4.78, 5) is 23.6. The molecule has 0 spiro atoms. The van der Waals surface area contributed by atoms with Gasteiger partial charge < -0.3 is 29.5 Å². The van der Waals surface area contributed by atoms with Crippen molar-refractivity contribution in [1.29, 1.82) is 0 Å². The summed E-state index contributed by atoms with van der Waals surface area (Å²) in [6.45, 7) is -1.79. The Balaban J connectivity index is 1.74. The lowest BCUT2D eigenvalue weighted by Gasteiger charge is -2.23. The first kappa shape index (κ1) is 27.7. The standard InChI is InChI=1S/C26H29F2N7O4/c1-32(2)10-11-33(3)22-15-24(39-25(27)28)20(14-23(22)35(37)38)31-26-29-9-8-19(30-26)18-16-34(12-13-36)21-7-5-4-6-17(18)21/h4-9,14-16,25,36H,10-13H2,1-3H3,(H,29,30,31). The Bertz CT molecular complexity index is 1460. The molecule has 2 heterocycles. The lowest BCUT2D eigenvalue weighted by molar-refractivity contribution is -0.384. The molecule has 0 saturated heterocycles. The van der Waals surface area contributed by atoms with Crippen LogP contribution in [0.1, 0.15) is 0 Å². The van der Waals surface area contributed by atoms with Crippen LogP contribution in [0.3, 0.4) is 0 Å². The number of nitrogens with zero attached hydrogens (tertiary/aromatic N) is 6. The number of hydrogen-bond acceptors (Lipinski definition) is 9. The van der Waals surface area contributed by atoms with Crippen LogP contribution in [0.25, 0.3) is 22.2 Å². The van der Waals surface area contributed by atoms with Gasteiger partial charge in [-0.15, -0.1) is 0 Å². The van der Waals surface area contributed by atoms with E-state index in [9.17, 15) is 24.0 Å². The average Bonchev–Trinajstić information content (AvgIpc) is 3.26. The van der Waals surface area contributed by atoms with Crippen LogP contribution < -0.4 is 15.0 Å². The predicted octanol–water partition coefficient (Wildman–Crippen LogP) is 4.34. The first-order valence-corrected chi connectivity index (χ1v) is 12.1. The molecule has 0 aliphatic carbocycles. The van der Waals surface area contributed by atoms with E-state index < -0.39 is 11.5 Å². The van der Waals surface area contributed by atoms with Gasteiger partial charge in [-0.05, 0) is 26.2 Å². The van der Waals surface area contributed by atoms with Crippen LogP contribution in [0.15, 0.2) is 54.9 Å². The Morgan fingerprint density at radius 1 is 1.18 bits per heavy atom. The highest BCUT2D eigenvalue weighted by Gasteiger charge is 2.24. The summed E-state index contributed by atoms with van der Waals surface area (Å²) >= 11 is 0. The summed E-state index contributed by atoms with van der Waals surface area (Å²) < 4.78 is 33.3. The molecule has 39 heavy (non-hydrogen) atoms. The van der Waals surface area contributed by atoms with Crippen molar-refractivity contribution in [2.24, 2.45) is 0 Å². The zero-order valence-corrected chi connectivity index (χ0v) is 21.7. The van der Waals surface area contributed by atoms with Crippen molar-refractivity contribution >= 4 is 33.9 Å². The summed E-state index contributed by atoms with van der Waals surface area (Å²) in [6.07, 6.45) is 3.36. The number of benzene rings is 2. The molecule has 11 nitrogen and oxygen atoms in total. The van der Waals surface area contributed by atoms with Gasteiger partial charge in [-0.25, -0.2) is 9.97 Å². The van der Waals surface area contributed by atoms with Crippen LogP contribution in [0.2, 0.25) is 0 Å². The van der Waals surface area contributed by atoms with Crippen LogP contribution in [-0.4, -0.2) is 76.9 Å². The molecule has 0 atom stereocenters. The third-order valence-electron chi connectivity index (χ3n) is 6.09. The number of nitrogens with one attached hydrogen (secondary N) is 1. The number of aliphatic hydroxyl groups excluding tert-OH is 1. The zero-order chi connectivity index (χ0) is 28.1. The monoisotopic (exact) mass is 541 g/mol. The van der Waals surface area contributed by atoms with Gasteiger partial charge in [-0.1, -0.05) is 18.2 Å². The minimum Gasteiger partial charge on any atom is -0.433 e. The quantitative estimate of drug-likeness (QED) is 0.199. The molecule has 2 aromatic heterocycles. The van der Waals surface area contributed by atoms with Crippen LogP contribution in [-0.2, 0) is 6.54 Å². The number of para-hydroxylation sites is 1. The third-order valence-corrected chi connectivity index (χ3v) is 6.09. The Morgan fingerprint density at radius 2 is 1.95 bits per heavy atom. The normalized spacial score (nSPS) is 11.4. The van der Waals surface area contributed by atoms with E-state index >= 15 is 0 Å². The van der Waals surface area contributed by atoms with Crippen LogP contribution in [0.5, 0.6) is 5.75 Å². The van der Waals surface area contributed by atoms with Gasteiger partial charge in [-0.2, -0.15) is 8.78 Å². The molecule has 0 aliphatic rings. The number of aliphatic hydroxyl groups is 1. The van der Waals surface area contributed by atoms with E-state index in [1.165, 1.54) is 12.3 Å². The van der Waals surface area contributed by atoms with Gasteiger partial charge in [0.1, 0.15) is 5.69 Å². The minimum atomic E-state index is -3.16. The number of anilines is 3. The van der Waals surface area contributed by atoms with Gasteiger partial charge in [0.25, 0.3) is 5.69 Å². The average molecular weight is 542 g/mol. The number of aromatic nitrogens is 3. The number of nitro benzene ring substituents is 1. The van der Waals surface area contributed by atoms with E-state index in [2.05, 4.69) is 15.3 Å². The number of alkyl halides is 2. The van der Waals surface area contributed by atoms with Crippen LogP contribution in [0.4, 0.5) is 31.8 Å². The second-order valence-electron chi connectivity index (χ2n) is 9.06. The number of halogens is 2. The Kier molecular flexibility index (Phi) is 8.52. The van der Waals surface area contributed by atoms with Gasteiger partial charge in [0.15, 0.2) is 5.75 Å². The number of fused-ring (bicyclic) bond motifs is 1. The molecule has 0 radical (unpaired) electrons. The SMILES string of the molecule is CN(C)CCN(C)c1cc(OC(F)F)c(Nc2nccc(-c3cn(CCO)c4ccccc34)n2)cc1[N+](=O)[O-]. The Labute approximate surface area is 223 Å². The molecule has 4 rings (SSSR count). The van der Waals surface area contributed by atoms with Crippen LogP contribution >= 0.6 is 0 Å². The fraction of sp³-hybridized carbons (Fsp3) is 0.308. The molecule has 0 bridgehead atoms. The predicted molar refractivity (Wildman–Crippen MR) is 145 cm³/mol. The van der Waals surface area contributed by atoms with E-state index in [-0.39, 0.29) is 35.4 Å². The molecule has 13 heteroatoms. The van der Waals surface area contributed by atoms with Gasteiger partial charge >= 0.3 is 6.61 Å². The van der Waals surface area contributed by atoms with Gasteiger partial charge in [0, 0.05) is 67.7 Å². The van der Waals surface area contributed by atoms with Crippen molar-refractivity contribution in [3.05, 3.63) is 65.0 Å². The molecule has 0 saturated carbocycles. The molecule has 0 aliphatic heterocycles. The maximum absolute atomic E-state index is 13.3. The second kappa shape index (κ2) is 12.0. The van der Waals surface area contributed by atoms with Crippen molar-refractivity contribution < 1.29 is 23.5 Å². The van der Waals surface area contributed by atoms with Crippen molar-refractivity contribution in [2.75, 3.05) is 51.1 Å². The molecule has 0 amide bonds. The van der Waals surface area contributed by atoms with E-state index in [4.69, 9.17) is 4.74 Å². The highest BCUT2D eigenvalue weighted by atomic mass is 19.3. The minimum absolute atomic E-state index is 0.0358. The smallest absolute Gasteiger partial charge is 0.387 e. The molecule has 0 unspecified atom stereocenters. The van der Waals surface area contributed by atoms with Crippen molar-refractivity contribution in [2.45, 2.75) is 13.2 Å². The Hall–Kier alpha value is -4.36. The summed E-state index contributed by atoms with van der Waals surface area (Å²) in [5, 5.41) is 25.1. The van der Waals surface area contributed by atoms with Crippen LogP contribution in [0, 0.1) is 10.1 Å². The Morgan fingerprint density at radius 3 is 2.64 bits per heavy atom. The highest BCUT2D eigenvalue weighted by Crippen LogP contribution is 2.40. The first-order valence-electron chi connectivity index (χ1n) is 12.1. The molecule has 2 N–H and O–H groups in total. The van der Waals surface area contributed by atoms with E-state index in [0.717, 1.165) is 22.5 Å². The molecule has 0 fully saturated rings. The maximum atomic E-state index is 13.3. The van der Waals surface area contributed by atoms with Gasteiger partial charge in [0.05, 0.1) is 22.9 Å². The highest BCUT2D eigenvalue weighted by molar-refractivity contribution is 5.95. The summed E-state index contributed by atoms with van der Waals surface area (Å²) in [5.74, 6) is -0.246. The second-order valence-corrected chi connectivity index (χ2v) is 9.06. The molecule has 206 valence electrons. The largest absolute Gasteiger partial charge is 0.433 e. The zero-order valence-electron chi connectivity index (χ0n) is 21.7. The number of ether oxygens (including phenoxy) is 1. The fourth-order valence-electron chi connectivity index (χ4n) is 4.20. The van der Waals surface area contributed by atoms with Gasteiger partial charge in [-0.3, -0.25) is 10.1 Å². The lowest BCUT2D eigenvalue weighted by atomic mass is 10.1. The van der Waals surface area contributed by atoms with Crippen molar-refractivity contribution in [3.8, 4) is 17.0 Å². The molecule has 4 aromatic rings. The van der Waals surface area contributed by atoms with Gasteiger partial charge in [0.2, 0.25) is 5.95 Å². The van der Waals surface area contributed by atoms with E-state index in [1.54, 1.807) is 18.0 Å². The summed E-state index contributed by atoms with van der Waals surface area (Å²) in [6, 6.07) is 11.7. The lowest BCUT2D eigenvalue weighted by Crippen LogP contribution is -2.29. The molecule has 2 aromatic carbocycles. The number of rotatable bonds is 12. The van der Waals surface area contributed by atoms with Crippen molar-refractivity contribution in [1.82, 2.24) is 19.4 Å². The van der Waals surface area contributed by atoms with E-state index in [1.807, 2.05) is 54.0 Å². The fourth-order valence-corrected chi connectivity index (χ4v) is 4.20. The topological polar surface area (TPSA) is 122 Å². The molecular weight excluding hydrogens is 512 g/mol. The summed E-state index contributed by atoms with van der Waals surface area (Å²) in [7, 11) is 5.36. The molecular formula is C26H29F2N7O4. The number of nitro groups is 1. The maximum Gasteiger partial charge on any atom is 0.387 e. The van der Waals surface area contributed by atoms with Crippen molar-refractivity contribution in [3.63, 3.8) is 0 Å². The number of likely N-dealkylation sites (N-methyl/N-ethyl adjacent to an activating group) is 2. The summed E-state index contributed by atoms with van der Waals surface area (Å²) in [5.41, 5.74) is 1.99.